The largest absolute Gasteiger partial charge is 0.480 e. The molecule has 6 heteroatoms. The lowest BCUT2D eigenvalue weighted by molar-refractivity contribution is 0.401. The van der Waals surface area contributed by atoms with Gasteiger partial charge in [-0.25, -0.2) is 15.0 Å². The Morgan fingerprint density at radius 1 is 1.42 bits per heavy atom. The molecule has 1 N–H and O–H groups in total. The number of rotatable bonds is 5. The fourth-order valence-electron chi connectivity index (χ4n) is 1.59. The standard InChI is InChI=1S/C13H18N4OS/c1-5-8(2)15-13-14-7-6-10(17-13)11-12(18-4)16-9(3)19-11/h6-8H,5H2,1-4H3,(H,14,15,17)/t8-/m1/s1. The van der Waals surface area contributed by atoms with Gasteiger partial charge in [0.05, 0.1) is 17.8 Å². The summed E-state index contributed by atoms with van der Waals surface area (Å²) in [6.45, 7) is 6.18. The first-order valence-electron chi connectivity index (χ1n) is 6.25. The van der Waals surface area contributed by atoms with E-state index in [4.69, 9.17) is 4.74 Å². The SMILES string of the molecule is CC[C@@H](C)Nc1nccc(-c2sc(C)nc2OC)n1. The maximum atomic E-state index is 5.28. The van der Waals surface area contributed by atoms with Crippen LogP contribution >= 0.6 is 11.3 Å². The summed E-state index contributed by atoms with van der Waals surface area (Å²) in [5, 5.41) is 4.23. The van der Waals surface area contributed by atoms with Crippen LogP contribution in [-0.2, 0) is 0 Å². The van der Waals surface area contributed by atoms with E-state index in [0.717, 1.165) is 22.0 Å². The van der Waals surface area contributed by atoms with Crippen LogP contribution < -0.4 is 10.1 Å². The van der Waals surface area contributed by atoms with Crippen molar-refractivity contribution in [3.8, 4) is 16.5 Å². The lowest BCUT2D eigenvalue weighted by atomic mass is 10.3. The number of nitrogens with zero attached hydrogens (tertiary/aromatic N) is 3. The van der Waals surface area contributed by atoms with Crippen LogP contribution in [0, 0.1) is 6.92 Å². The zero-order chi connectivity index (χ0) is 13.8. The first-order valence-corrected chi connectivity index (χ1v) is 7.07. The highest BCUT2D eigenvalue weighted by atomic mass is 32.1. The van der Waals surface area contributed by atoms with E-state index in [1.807, 2.05) is 13.0 Å². The van der Waals surface area contributed by atoms with Crippen molar-refractivity contribution in [3.05, 3.63) is 17.3 Å². The molecule has 0 aliphatic heterocycles. The summed E-state index contributed by atoms with van der Waals surface area (Å²) in [5.74, 6) is 1.26. The second-order valence-electron chi connectivity index (χ2n) is 4.29. The number of hydrogen-bond donors (Lipinski definition) is 1. The summed E-state index contributed by atoms with van der Waals surface area (Å²) < 4.78 is 5.28. The summed E-state index contributed by atoms with van der Waals surface area (Å²) in [4.78, 5) is 14.0. The maximum Gasteiger partial charge on any atom is 0.234 e. The van der Waals surface area contributed by atoms with Crippen LogP contribution in [0.3, 0.4) is 0 Å². The molecule has 0 fully saturated rings. The summed E-state index contributed by atoms with van der Waals surface area (Å²) in [6.07, 6.45) is 2.78. The van der Waals surface area contributed by atoms with Gasteiger partial charge in [0.2, 0.25) is 11.8 Å². The molecule has 1 atom stereocenters. The van der Waals surface area contributed by atoms with Gasteiger partial charge < -0.3 is 10.1 Å². The van der Waals surface area contributed by atoms with E-state index in [0.29, 0.717) is 17.9 Å². The van der Waals surface area contributed by atoms with Crippen LogP contribution in [0.25, 0.3) is 10.6 Å². The molecule has 0 radical (unpaired) electrons. The molecule has 0 spiro atoms. The van der Waals surface area contributed by atoms with E-state index in [1.54, 1.807) is 24.6 Å². The minimum Gasteiger partial charge on any atom is -0.480 e. The minimum absolute atomic E-state index is 0.348. The van der Waals surface area contributed by atoms with Crippen molar-refractivity contribution in [1.82, 2.24) is 15.0 Å². The molecule has 102 valence electrons. The highest BCUT2D eigenvalue weighted by Gasteiger charge is 2.14. The van der Waals surface area contributed by atoms with Crippen molar-refractivity contribution in [2.75, 3.05) is 12.4 Å². The van der Waals surface area contributed by atoms with E-state index in [2.05, 4.69) is 34.1 Å². The van der Waals surface area contributed by atoms with Gasteiger partial charge in [-0.15, -0.1) is 11.3 Å². The van der Waals surface area contributed by atoms with E-state index >= 15 is 0 Å². The van der Waals surface area contributed by atoms with Gasteiger partial charge in [-0.2, -0.15) is 0 Å². The van der Waals surface area contributed by atoms with Gasteiger partial charge in [0, 0.05) is 12.2 Å². The number of anilines is 1. The van der Waals surface area contributed by atoms with E-state index in [9.17, 15) is 0 Å². The summed E-state index contributed by atoms with van der Waals surface area (Å²) in [7, 11) is 1.62. The summed E-state index contributed by atoms with van der Waals surface area (Å²) >= 11 is 1.57. The number of nitrogens with one attached hydrogen (secondary N) is 1. The molecule has 2 aromatic rings. The molecule has 2 heterocycles. The van der Waals surface area contributed by atoms with Gasteiger partial charge in [0.15, 0.2) is 0 Å². The molecule has 0 aliphatic rings. The van der Waals surface area contributed by atoms with Gasteiger partial charge in [-0.1, -0.05) is 6.92 Å². The number of aromatic nitrogens is 3. The second-order valence-corrected chi connectivity index (χ2v) is 5.49. The summed E-state index contributed by atoms with van der Waals surface area (Å²) in [6, 6.07) is 2.22. The molecular weight excluding hydrogens is 260 g/mol. The second kappa shape index (κ2) is 5.97. The minimum atomic E-state index is 0.348. The Bertz CT molecular complexity index is 555. The van der Waals surface area contributed by atoms with Crippen molar-refractivity contribution in [3.63, 3.8) is 0 Å². The fourth-order valence-corrected chi connectivity index (χ4v) is 2.44. The molecule has 0 aromatic carbocycles. The van der Waals surface area contributed by atoms with E-state index in [-0.39, 0.29) is 0 Å². The Balaban J connectivity index is 2.32. The molecule has 19 heavy (non-hydrogen) atoms. The predicted molar refractivity (Wildman–Crippen MR) is 77.8 cm³/mol. The van der Waals surface area contributed by atoms with Gasteiger partial charge >= 0.3 is 0 Å². The van der Waals surface area contributed by atoms with Crippen molar-refractivity contribution < 1.29 is 4.74 Å². The third kappa shape index (κ3) is 3.20. The lowest BCUT2D eigenvalue weighted by Gasteiger charge is -2.11. The average Bonchev–Trinajstić information content (AvgIpc) is 2.80. The number of hydrogen-bond acceptors (Lipinski definition) is 6. The maximum absolute atomic E-state index is 5.28. The number of aryl methyl sites for hydroxylation is 1. The molecule has 0 bridgehead atoms. The predicted octanol–water partition coefficient (Wildman–Crippen LogP) is 3.13. The van der Waals surface area contributed by atoms with Gasteiger partial charge in [-0.05, 0) is 26.3 Å². The highest BCUT2D eigenvalue weighted by molar-refractivity contribution is 7.15. The Morgan fingerprint density at radius 3 is 2.89 bits per heavy atom. The number of methoxy groups -OCH3 is 1. The Kier molecular flexibility index (Phi) is 4.31. The molecule has 5 nitrogen and oxygen atoms in total. The van der Waals surface area contributed by atoms with Crippen LogP contribution in [0.4, 0.5) is 5.95 Å². The molecule has 0 amide bonds. The van der Waals surface area contributed by atoms with Crippen molar-refractivity contribution >= 4 is 17.3 Å². The van der Waals surface area contributed by atoms with Crippen molar-refractivity contribution in [2.45, 2.75) is 33.2 Å². The lowest BCUT2D eigenvalue weighted by Crippen LogP contribution is -2.15. The number of thiazole rings is 1. The number of ether oxygens (including phenoxy) is 1. The van der Waals surface area contributed by atoms with Crippen LogP contribution in [0.1, 0.15) is 25.3 Å². The third-order valence-corrected chi connectivity index (χ3v) is 3.75. The Hall–Kier alpha value is -1.69. The highest BCUT2D eigenvalue weighted by Crippen LogP contribution is 2.34. The monoisotopic (exact) mass is 278 g/mol. The quantitative estimate of drug-likeness (QED) is 0.910. The van der Waals surface area contributed by atoms with Crippen LogP contribution in [0.15, 0.2) is 12.3 Å². The fraction of sp³-hybridized carbons (Fsp3) is 0.462. The molecule has 2 aromatic heterocycles. The first kappa shape index (κ1) is 13.7. The molecule has 2 rings (SSSR count). The molecule has 0 aliphatic carbocycles. The van der Waals surface area contributed by atoms with Gasteiger partial charge in [-0.3, -0.25) is 0 Å². The van der Waals surface area contributed by atoms with E-state index < -0.39 is 0 Å². The third-order valence-electron chi connectivity index (χ3n) is 2.77. The molecule has 0 unspecified atom stereocenters. The Labute approximate surface area is 117 Å². The van der Waals surface area contributed by atoms with Gasteiger partial charge in [0.1, 0.15) is 4.88 Å². The van der Waals surface area contributed by atoms with Crippen molar-refractivity contribution in [2.24, 2.45) is 0 Å². The first-order chi connectivity index (χ1) is 9.13. The van der Waals surface area contributed by atoms with E-state index in [1.165, 1.54) is 0 Å². The zero-order valence-electron chi connectivity index (χ0n) is 11.6. The molecule has 0 saturated heterocycles. The van der Waals surface area contributed by atoms with Crippen molar-refractivity contribution in [1.29, 1.82) is 0 Å². The zero-order valence-corrected chi connectivity index (χ0v) is 12.4. The normalized spacial score (nSPS) is 12.2. The topological polar surface area (TPSA) is 59.9 Å². The molecular formula is C13H18N4OS. The summed E-state index contributed by atoms with van der Waals surface area (Å²) in [5.41, 5.74) is 0.836. The molecule has 0 saturated carbocycles. The van der Waals surface area contributed by atoms with Crippen LogP contribution in [-0.4, -0.2) is 28.1 Å². The van der Waals surface area contributed by atoms with Crippen LogP contribution in [0.2, 0.25) is 0 Å². The average molecular weight is 278 g/mol. The van der Waals surface area contributed by atoms with Crippen LogP contribution in [0.5, 0.6) is 5.88 Å². The van der Waals surface area contributed by atoms with Gasteiger partial charge in [0.25, 0.3) is 0 Å². The Morgan fingerprint density at radius 2 is 2.21 bits per heavy atom. The smallest absolute Gasteiger partial charge is 0.234 e.